The topological polar surface area (TPSA) is 106 Å². The average Bonchev–Trinajstić information content (AvgIpc) is 3.37. The van der Waals surface area contributed by atoms with Crippen LogP contribution in [0.2, 0.25) is 0 Å². The number of benzene rings is 3. The minimum atomic E-state index is -0.717. The summed E-state index contributed by atoms with van der Waals surface area (Å²) < 4.78 is 25.6. The van der Waals surface area contributed by atoms with Crippen LogP contribution in [0.1, 0.15) is 28.4 Å². The van der Waals surface area contributed by atoms with Crippen LogP contribution in [-0.2, 0) is 16.1 Å². The second-order valence-electron chi connectivity index (χ2n) is 8.48. The molecule has 0 saturated carbocycles. The van der Waals surface area contributed by atoms with Gasteiger partial charge in [-0.3, -0.25) is 9.59 Å². The number of rotatable bonds is 9. The average molecular weight is 503 g/mol. The van der Waals surface area contributed by atoms with Crippen LogP contribution in [0.4, 0.5) is 4.39 Å². The van der Waals surface area contributed by atoms with Crippen LogP contribution in [-0.4, -0.2) is 42.2 Å². The molecule has 9 heteroatoms. The van der Waals surface area contributed by atoms with Crippen molar-refractivity contribution in [2.45, 2.75) is 20.5 Å². The first kappa shape index (κ1) is 25.7. The van der Waals surface area contributed by atoms with Crippen LogP contribution in [0.5, 0.6) is 0 Å². The largest absolute Gasteiger partial charge is 0.380 e. The smallest absolute Gasteiger partial charge is 0.258 e. The molecule has 4 aromatic rings. The molecule has 1 aromatic heterocycles. The molecule has 37 heavy (non-hydrogen) atoms. The van der Waals surface area contributed by atoms with Crippen molar-refractivity contribution < 1.29 is 23.2 Å². The van der Waals surface area contributed by atoms with E-state index in [0.717, 1.165) is 22.3 Å². The van der Waals surface area contributed by atoms with E-state index in [1.165, 1.54) is 19.1 Å². The molecule has 2 N–H and O–H groups in total. The quantitative estimate of drug-likeness (QED) is 0.326. The van der Waals surface area contributed by atoms with Crippen molar-refractivity contribution in [3.8, 4) is 34.0 Å². The molecule has 2 amide bonds. The lowest BCUT2D eigenvalue weighted by atomic mass is 9.94. The van der Waals surface area contributed by atoms with Gasteiger partial charge < -0.3 is 19.9 Å². The SMILES string of the molecule is COCc1cc(-c2nc(-c3ccc(C(=O)NCCNC(C)=O)c(F)c3)no2)ccc1-c1ccccc1C. The molecule has 0 fully saturated rings. The fraction of sp³-hybridized carbons (Fsp3) is 0.214. The first-order valence-electron chi connectivity index (χ1n) is 11.7. The maximum Gasteiger partial charge on any atom is 0.258 e. The van der Waals surface area contributed by atoms with E-state index < -0.39 is 11.7 Å². The molecule has 0 saturated heterocycles. The molecule has 0 aliphatic carbocycles. The molecule has 0 radical (unpaired) electrons. The van der Waals surface area contributed by atoms with E-state index in [0.29, 0.717) is 17.7 Å². The minimum Gasteiger partial charge on any atom is -0.380 e. The Morgan fingerprint density at radius 3 is 2.46 bits per heavy atom. The molecule has 8 nitrogen and oxygen atoms in total. The van der Waals surface area contributed by atoms with Gasteiger partial charge in [-0.25, -0.2) is 4.39 Å². The Morgan fingerprint density at radius 1 is 0.973 bits per heavy atom. The van der Waals surface area contributed by atoms with Gasteiger partial charge in [0, 0.05) is 38.2 Å². The van der Waals surface area contributed by atoms with E-state index in [1.807, 2.05) is 30.3 Å². The van der Waals surface area contributed by atoms with E-state index in [9.17, 15) is 14.0 Å². The summed E-state index contributed by atoms with van der Waals surface area (Å²) in [6.07, 6.45) is 0. The summed E-state index contributed by atoms with van der Waals surface area (Å²) in [5.74, 6) is -1.03. The summed E-state index contributed by atoms with van der Waals surface area (Å²) >= 11 is 0. The Balaban J connectivity index is 1.54. The molecule has 0 unspecified atom stereocenters. The van der Waals surface area contributed by atoms with E-state index in [4.69, 9.17) is 9.26 Å². The number of amides is 2. The summed E-state index contributed by atoms with van der Waals surface area (Å²) in [7, 11) is 1.64. The number of methoxy groups -OCH3 is 1. The zero-order valence-corrected chi connectivity index (χ0v) is 20.8. The molecule has 0 bridgehead atoms. The lowest BCUT2D eigenvalue weighted by molar-refractivity contribution is -0.118. The summed E-state index contributed by atoms with van der Waals surface area (Å²) in [6, 6.07) is 18.1. The molecule has 1 heterocycles. The minimum absolute atomic E-state index is 0.119. The number of carbonyl (C=O) groups excluding carboxylic acids is 2. The van der Waals surface area contributed by atoms with E-state index in [-0.39, 0.29) is 36.3 Å². The van der Waals surface area contributed by atoms with Gasteiger partial charge in [0.1, 0.15) is 5.82 Å². The maximum atomic E-state index is 14.7. The number of aryl methyl sites for hydroxylation is 1. The summed E-state index contributed by atoms with van der Waals surface area (Å²) in [6.45, 7) is 4.27. The van der Waals surface area contributed by atoms with Crippen LogP contribution in [0, 0.1) is 12.7 Å². The molecule has 0 aliphatic rings. The third kappa shape index (κ3) is 6.07. The molecule has 0 aliphatic heterocycles. The second-order valence-corrected chi connectivity index (χ2v) is 8.48. The molecular weight excluding hydrogens is 475 g/mol. The highest BCUT2D eigenvalue weighted by Crippen LogP contribution is 2.31. The van der Waals surface area contributed by atoms with Crippen LogP contribution < -0.4 is 10.6 Å². The van der Waals surface area contributed by atoms with Gasteiger partial charge in [-0.2, -0.15) is 4.98 Å². The zero-order chi connectivity index (χ0) is 26.4. The Labute approximate surface area is 213 Å². The van der Waals surface area contributed by atoms with Gasteiger partial charge in [0.25, 0.3) is 11.8 Å². The fourth-order valence-electron chi connectivity index (χ4n) is 3.95. The van der Waals surface area contributed by atoms with Crippen molar-refractivity contribution in [3.63, 3.8) is 0 Å². The lowest BCUT2D eigenvalue weighted by Crippen LogP contribution is -2.34. The van der Waals surface area contributed by atoms with Gasteiger partial charge in [0.2, 0.25) is 11.7 Å². The number of hydrogen-bond donors (Lipinski definition) is 2. The molecule has 0 spiro atoms. The molecule has 190 valence electrons. The monoisotopic (exact) mass is 502 g/mol. The van der Waals surface area contributed by atoms with Gasteiger partial charge in [0.05, 0.1) is 12.2 Å². The zero-order valence-electron chi connectivity index (χ0n) is 20.8. The molecular formula is C28H27FN4O4. The van der Waals surface area contributed by atoms with E-state index in [1.54, 1.807) is 13.2 Å². The summed E-state index contributed by atoms with van der Waals surface area (Å²) in [5.41, 5.74) is 5.24. The highest BCUT2D eigenvalue weighted by molar-refractivity contribution is 5.95. The second kappa shape index (κ2) is 11.6. The maximum absolute atomic E-state index is 14.7. The Morgan fingerprint density at radius 2 is 1.73 bits per heavy atom. The number of carbonyl (C=O) groups is 2. The lowest BCUT2D eigenvalue weighted by Gasteiger charge is -2.12. The molecule has 0 atom stereocenters. The van der Waals surface area contributed by atoms with Crippen molar-refractivity contribution in [1.29, 1.82) is 0 Å². The predicted molar refractivity (Wildman–Crippen MR) is 137 cm³/mol. The Bertz CT molecular complexity index is 1430. The molecule has 3 aromatic carbocycles. The third-order valence-electron chi connectivity index (χ3n) is 5.77. The Hall–Kier alpha value is -4.37. The van der Waals surface area contributed by atoms with Gasteiger partial charge in [-0.1, -0.05) is 41.6 Å². The number of halogens is 1. The van der Waals surface area contributed by atoms with Crippen molar-refractivity contribution >= 4 is 11.8 Å². The first-order valence-corrected chi connectivity index (χ1v) is 11.7. The third-order valence-corrected chi connectivity index (χ3v) is 5.77. The van der Waals surface area contributed by atoms with Crippen LogP contribution in [0.3, 0.4) is 0 Å². The highest BCUT2D eigenvalue weighted by Gasteiger charge is 2.17. The predicted octanol–water partition coefficient (Wildman–Crippen LogP) is 4.53. The standard InChI is InChI=1S/C28H27FN4O4/c1-17-6-4-5-7-22(17)23-10-9-20(14-21(23)16-36-3)28-32-26(33-37-28)19-8-11-24(25(29)15-19)27(35)31-13-12-30-18(2)34/h4-11,14-15H,12-13,16H2,1-3H3,(H,30,34)(H,31,35). The van der Waals surface area contributed by atoms with Crippen molar-refractivity contribution in [1.82, 2.24) is 20.8 Å². The van der Waals surface area contributed by atoms with Crippen molar-refractivity contribution in [3.05, 3.63) is 83.2 Å². The fourth-order valence-corrected chi connectivity index (χ4v) is 3.95. The van der Waals surface area contributed by atoms with Gasteiger partial charge in [0.15, 0.2) is 0 Å². The highest BCUT2D eigenvalue weighted by atomic mass is 19.1. The summed E-state index contributed by atoms with van der Waals surface area (Å²) in [5, 5.41) is 9.12. The van der Waals surface area contributed by atoms with Crippen LogP contribution >= 0.6 is 0 Å². The van der Waals surface area contributed by atoms with Gasteiger partial charge in [-0.05, 0) is 53.4 Å². The Kier molecular flexibility index (Phi) is 8.05. The van der Waals surface area contributed by atoms with Gasteiger partial charge in [-0.15, -0.1) is 0 Å². The molecule has 4 rings (SSSR count). The number of ether oxygens (including phenoxy) is 1. The number of nitrogens with zero attached hydrogens (tertiary/aromatic N) is 2. The normalized spacial score (nSPS) is 10.8. The van der Waals surface area contributed by atoms with Crippen molar-refractivity contribution in [2.75, 3.05) is 20.2 Å². The van der Waals surface area contributed by atoms with Crippen LogP contribution in [0.15, 0.2) is 65.2 Å². The number of nitrogens with one attached hydrogen (secondary N) is 2. The summed E-state index contributed by atoms with van der Waals surface area (Å²) in [4.78, 5) is 27.6. The van der Waals surface area contributed by atoms with Crippen LogP contribution in [0.25, 0.3) is 34.0 Å². The van der Waals surface area contributed by atoms with Crippen molar-refractivity contribution in [2.24, 2.45) is 0 Å². The van der Waals surface area contributed by atoms with Gasteiger partial charge >= 0.3 is 0 Å². The first-order chi connectivity index (χ1) is 17.9. The van der Waals surface area contributed by atoms with E-state index >= 15 is 0 Å². The van der Waals surface area contributed by atoms with E-state index in [2.05, 4.69) is 39.8 Å². The number of hydrogen-bond acceptors (Lipinski definition) is 6. The number of aromatic nitrogens is 2.